The van der Waals surface area contributed by atoms with E-state index in [1.807, 2.05) is 0 Å². The van der Waals surface area contributed by atoms with Gasteiger partial charge in [-0.25, -0.2) is 0 Å². The van der Waals surface area contributed by atoms with Crippen molar-refractivity contribution in [2.75, 3.05) is 20.1 Å². The van der Waals surface area contributed by atoms with Gasteiger partial charge < -0.3 is 10.2 Å². The zero-order valence-corrected chi connectivity index (χ0v) is 13.8. The van der Waals surface area contributed by atoms with Crippen molar-refractivity contribution in [3.05, 3.63) is 34.9 Å². The fourth-order valence-corrected chi connectivity index (χ4v) is 2.95. The molecule has 0 aromatic heterocycles. The van der Waals surface area contributed by atoms with Crippen LogP contribution in [0.4, 0.5) is 0 Å². The first-order chi connectivity index (χ1) is 9.95. The van der Waals surface area contributed by atoms with Crippen molar-refractivity contribution in [2.45, 2.75) is 46.1 Å². The third-order valence-electron chi connectivity index (χ3n) is 4.72. The normalized spacial score (nSPS) is 18.5. The van der Waals surface area contributed by atoms with Crippen LogP contribution in [0.1, 0.15) is 48.9 Å². The Bertz CT molecular complexity index is 490. The number of piperidine rings is 1. The minimum atomic E-state index is 0.0862. The number of nitrogens with zero attached hydrogens (tertiary/aromatic N) is 1. The third-order valence-corrected chi connectivity index (χ3v) is 4.72. The quantitative estimate of drug-likeness (QED) is 0.922. The molecule has 0 aliphatic carbocycles. The lowest BCUT2D eigenvalue weighted by molar-refractivity contribution is -0.123. The van der Waals surface area contributed by atoms with Gasteiger partial charge in [-0.1, -0.05) is 18.2 Å². The van der Waals surface area contributed by atoms with Crippen LogP contribution < -0.4 is 5.32 Å². The van der Waals surface area contributed by atoms with Crippen LogP contribution in [-0.2, 0) is 4.79 Å². The Hall–Kier alpha value is -1.35. The van der Waals surface area contributed by atoms with Gasteiger partial charge in [0.2, 0.25) is 5.91 Å². The minimum Gasteiger partial charge on any atom is -0.350 e. The molecule has 0 radical (unpaired) electrons. The molecular weight excluding hydrogens is 260 g/mol. The van der Waals surface area contributed by atoms with Gasteiger partial charge in [-0.2, -0.15) is 0 Å². The Kier molecular flexibility index (Phi) is 5.40. The number of carbonyl (C=O) groups is 1. The summed E-state index contributed by atoms with van der Waals surface area (Å²) in [6, 6.07) is 6.51. The van der Waals surface area contributed by atoms with E-state index in [1.54, 1.807) is 0 Å². The first-order valence-electron chi connectivity index (χ1n) is 8.00. The highest BCUT2D eigenvalue weighted by Crippen LogP contribution is 2.21. The van der Waals surface area contributed by atoms with E-state index in [4.69, 9.17) is 0 Å². The van der Waals surface area contributed by atoms with Gasteiger partial charge in [0.05, 0.1) is 6.04 Å². The van der Waals surface area contributed by atoms with Crippen molar-refractivity contribution >= 4 is 5.91 Å². The van der Waals surface area contributed by atoms with E-state index in [1.165, 1.54) is 16.7 Å². The van der Waals surface area contributed by atoms with Gasteiger partial charge in [-0.3, -0.25) is 4.79 Å². The van der Waals surface area contributed by atoms with E-state index in [9.17, 15) is 4.79 Å². The fraction of sp³-hybridized carbons (Fsp3) is 0.611. The van der Waals surface area contributed by atoms with Crippen molar-refractivity contribution in [1.29, 1.82) is 0 Å². The first kappa shape index (κ1) is 16.0. The molecule has 1 aromatic rings. The Morgan fingerprint density at radius 3 is 2.57 bits per heavy atom. The number of nitrogens with one attached hydrogen (secondary N) is 1. The highest BCUT2D eigenvalue weighted by molar-refractivity contribution is 5.76. The van der Waals surface area contributed by atoms with Crippen LogP contribution in [0.2, 0.25) is 0 Å². The summed E-state index contributed by atoms with van der Waals surface area (Å²) in [5.74, 6) is 0.739. The van der Waals surface area contributed by atoms with Crippen molar-refractivity contribution < 1.29 is 4.79 Å². The molecule has 3 heteroatoms. The molecule has 1 unspecified atom stereocenters. The van der Waals surface area contributed by atoms with E-state index < -0.39 is 0 Å². The second-order valence-electron chi connectivity index (χ2n) is 6.58. The molecule has 1 atom stereocenters. The number of aryl methyl sites for hydroxylation is 2. The van der Waals surface area contributed by atoms with E-state index in [-0.39, 0.29) is 11.9 Å². The molecule has 0 bridgehead atoms. The molecule has 3 nitrogen and oxygen atoms in total. The lowest BCUT2D eigenvalue weighted by Crippen LogP contribution is -2.34. The van der Waals surface area contributed by atoms with Crippen LogP contribution >= 0.6 is 0 Å². The largest absolute Gasteiger partial charge is 0.350 e. The topological polar surface area (TPSA) is 32.3 Å². The predicted octanol–water partition coefficient (Wildman–Crippen LogP) is 3.21. The average Bonchev–Trinajstić information content (AvgIpc) is 2.44. The molecule has 116 valence electrons. The number of benzene rings is 1. The predicted molar refractivity (Wildman–Crippen MR) is 87.3 cm³/mol. The average molecular weight is 288 g/mol. The summed E-state index contributed by atoms with van der Waals surface area (Å²) in [6.45, 7) is 8.53. The standard InChI is InChI=1S/C18H28N2O/c1-13-5-6-17(11-14(13)2)15(3)19-18(21)12-16-7-9-20(4)10-8-16/h5-6,11,15-16H,7-10,12H2,1-4H3,(H,19,21). The lowest BCUT2D eigenvalue weighted by Gasteiger charge is -2.28. The van der Waals surface area contributed by atoms with Gasteiger partial charge in [0.15, 0.2) is 0 Å². The molecule has 1 saturated heterocycles. The van der Waals surface area contributed by atoms with Crippen LogP contribution in [0.15, 0.2) is 18.2 Å². The molecule has 1 N–H and O–H groups in total. The summed E-state index contributed by atoms with van der Waals surface area (Å²) in [6.07, 6.45) is 2.95. The SMILES string of the molecule is Cc1ccc(C(C)NC(=O)CC2CCN(C)CC2)cc1C. The van der Waals surface area contributed by atoms with Crippen molar-refractivity contribution in [3.63, 3.8) is 0 Å². The zero-order valence-electron chi connectivity index (χ0n) is 13.8. The second kappa shape index (κ2) is 7.08. The van der Waals surface area contributed by atoms with E-state index >= 15 is 0 Å². The number of amides is 1. The van der Waals surface area contributed by atoms with Gasteiger partial charge in [0.1, 0.15) is 0 Å². The number of likely N-dealkylation sites (tertiary alicyclic amines) is 1. The molecule has 1 fully saturated rings. The van der Waals surface area contributed by atoms with Crippen LogP contribution in [-0.4, -0.2) is 30.9 Å². The lowest BCUT2D eigenvalue weighted by atomic mass is 9.93. The zero-order chi connectivity index (χ0) is 15.4. The Balaban J connectivity index is 1.85. The summed E-state index contributed by atoms with van der Waals surface area (Å²) in [5, 5.41) is 3.15. The highest BCUT2D eigenvalue weighted by atomic mass is 16.1. The van der Waals surface area contributed by atoms with Crippen molar-refractivity contribution in [3.8, 4) is 0 Å². The minimum absolute atomic E-state index is 0.0862. The Morgan fingerprint density at radius 2 is 1.95 bits per heavy atom. The molecule has 1 aliphatic heterocycles. The first-order valence-corrected chi connectivity index (χ1v) is 8.00. The molecule has 21 heavy (non-hydrogen) atoms. The van der Waals surface area contributed by atoms with Gasteiger partial charge in [-0.05, 0) is 76.4 Å². The maximum Gasteiger partial charge on any atom is 0.220 e. The molecule has 1 aliphatic rings. The number of hydrogen-bond donors (Lipinski definition) is 1. The maximum atomic E-state index is 12.2. The summed E-state index contributed by atoms with van der Waals surface area (Å²) >= 11 is 0. The monoisotopic (exact) mass is 288 g/mol. The number of hydrogen-bond acceptors (Lipinski definition) is 2. The molecule has 1 aromatic carbocycles. The summed E-state index contributed by atoms with van der Waals surface area (Å²) < 4.78 is 0. The summed E-state index contributed by atoms with van der Waals surface area (Å²) in [4.78, 5) is 14.5. The molecular formula is C18H28N2O. The maximum absolute atomic E-state index is 12.2. The van der Waals surface area contributed by atoms with Gasteiger partial charge >= 0.3 is 0 Å². The van der Waals surface area contributed by atoms with Crippen LogP contribution in [0.5, 0.6) is 0 Å². The van der Waals surface area contributed by atoms with Gasteiger partial charge in [0, 0.05) is 6.42 Å². The Morgan fingerprint density at radius 1 is 1.29 bits per heavy atom. The summed E-state index contributed by atoms with van der Waals surface area (Å²) in [5.41, 5.74) is 3.77. The second-order valence-corrected chi connectivity index (χ2v) is 6.58. The molecule has 0 saturated carbocycles. The third kappa shape index (κ3) is 4.57. The molecule has 1 heterocycles. The van der Waals surface area contributed by atoms with E-state index in [0.717, 1.165) is 25.9 Å². The van der Waals surface area contributed by atoms with Crippen LogP contribution in [0, 0.1) is 19.8 Å². The molecule has 2 rings (SSSR count). The van der Waals surface area contributed by atoms with Crippen molar-refractivity contribution in [1.82, 2.24) is 10.2 Å². The fourth-order valence-electron chi connectivity index (χ4n) is 2.95. The van der Waals surface area contributed by atoms with E-state index in [0.29, 0.717) is 12.3 Å². The van der Waals surface area contributed by atoms with Gasteiger partial charge in [0.25, 0.3) is 0 Å². The summed E-state index contributed by atoms with van der Waals surface area (Å²) in [7, 11) is 2.15. The molecule has 0 spiro atoms. The van der Waals surface area contributed by atoms with Crippen molar-refractivity contribution in [2.24, 2.45) is 5.92 Å². The Labute approximate surface area is 128 Å². The molecule has 1 amide bonds. The number of carbonyl (C=O) groups excluding carboxylic acids is 1. The van der Waals surface area contributed by atoms with Crippen LogP contribution in [0.25, 0.3) is 0 Å². The van der Waals surface area contributed by atoms with E-state index in [2.05, 4.69) is 56.2 Å². The smallest absolute Gasteiger partial charge is 0.220 e. The number of rotatable bonds is 4. The van der Waals surface area contributed by atoms with Gasteiger partial charge in [-0.15, -0.1) is 0 Å². The van der Waals surface area contributed by atoms with Crippen LogP contribution in [0.3, 0.4) is 0 Å². The highest BCUT2D eigenvalue weighted by Gasteiger charge is 2.20.